The van der Waals surface area contributed by atoms with Gasteiger partial charge < -0.3 is 15.0 Å². The predicted octanol–water partition coefficient (Wildman–Crippen LogP) is 3.51. The number of nitrogens with zero attached hydrogens (tertiary/aromatic N) is 3. The van der Waals surface area contributed by atoms with Gasteiger partial charge in [-0.05, 0) is 38.3 Å². The molecule has 1 aromatic heterocycles. The number of anilines is 1. The number of hydrogen-bond donors (Lipinski definition) is 1. The van der Waals surface area contributed by atoms with Crippen molar-refractivity contribution in [1.82, 2.24) is 14.9 Å². The molecule has 0 bridgehead atoms. The van der Waals surface area contributed by atoms with Gasteiger partial charge in [-0.3, -0.25) is 9.59 Å². The van der Waals surface area contributed by atoms with Crippen LogP contribution >= 0.6 is 0 Å². The van der Waals surface area contributed by atoms with Crippen molar-refractivity contribution in [1.29, 1.82) is 0 Å². The van der Waals surface area contributed by atoms with E-state index < -0.39 is 0 Å². The fourth-order valence-electron chi connectivity index (χ4n) is 3.51. The van der Waals surface area contributed by atoms with Crippen molar-refractivity contribution in [3.63, 3.8) is 0 Å². The predicted molar refractivity (Wildman–Crippen MR) is 106 cm³/mol. The smallest absolute Gasteiger partial charge is 0.259 e. The van der Waals surface area contributed by atoms with E-state index in [-0.39, 0.29) is 17.9 Å². The van der Waals surface area contributed by atoms with Gasteiger partial charge in [0.25, 0.3) is 5.91 Å². The highest BCUT2D eigenvalue weighted by atomic mass is 16.5. The van der Waals surface area contributed by atoms with Gasteiger partial charge in [-0.1, -0.05) is 19.1 Å². The van der Waals surface area contributed by atoms with Crippen molar-refractivity contribution >= 4 is 17.5 Å². The van der Waals surface area contributed by atoms with E-state index >= 15 is 0 Å². The van der Waals surface area contributed by atoms with Crippen molar-refractivity contribution in [3.05, 3.63) is 47.5 Å². The van der Waals surface area contributed by atoms with Gasteiger partial charge in [-0.25, -0.2) is 9.97 Å². The van der Waals surface area contributed by atoms with E-state index in [1.54, 1.807) is 32.4 Å². The number of nitrogens with one attached hydrogen (secondary N) is 1. The number of para-hydroxylation sites is 2. The molecule has 1 aliphatic rings. The number of aromatic nitrogens is 2. The molecule has 2 amide bonds. The van der Waals surface area contributed by atoms with Crippen molar-refractivity contribution in [3.8, 4) is 5.75 Å². The number of amides is 2. The van der Waals surface area contributed by atoms with E-state index in [0.717, 1.165) is 25.8 Å². The molecule has 0 radical (unpaired) electrons. The maximum absolute atomic E-state index is 12.7. The lowest BCUT2D eigenvalue weighted by molar-refractivity contribution is -0.134. The highest BCUT2D eigenvalue weighted by molar-refractivity contribution is 6.05. The van der Waals surface area contributed by atoms with E-state index in [2.05, 4.69) is 15.3 Å². The lowest BCUT2D eigenvalue weighted by Gasteiger charge is -2.34. The van der Waals surface area contributed by atoms with Crippen LogP contribution in [0.25, 0.3) is 0 Å². The Balaban J connectivity index is 1.81. The standard InChI is InChI=1S/C21H26N4O3/c1-4-19(26)25-12-8-7-10-17(25)20-22-13-15(14(2)23-20)21(27)24-16-9-5-6-11-18(16)28-3/h5-6,9,11,13,17H,4,7-8,10,12H2,1-3H3,(H,24,27)/t17-/m0/s1. The van der Waals surface area contributed by atoms with Gasteiger partial charge in [0.2, 0.25) is 5.91 Å². The van der Waals surface area contributed by atoms with Crippen molar-refractivity contribution in [2.75, 3.05) is 19.0 Å². The van der Waals surface area contributed by atoms with E-state index in [0.29, 0.717) is 34.9 Å². The third-order valence-corrected chi connectivity index (χ3v) is 5.02. The first-order valence-corrected chi connectivity index (χ1v) is 9.62. The average Bonchev–Trinajstić information content (AvgIpc) is 2.73. The topological polar surface area (TPSA) is 84.4 Å². The lowest BCUT2D eigenvalue weighted by Crippen LogP contribution is -2.39. The number of methoxy groups -OCH3 is 1. The number of piperidine rings is 1. The highest BCUT2D eigenvalue weighted by Crippen LogP contribution is 2.30. The average molecular weight is 382 g/mol. The van der Waals surface area contributed by atoms with Gasteiger partial charge in [0.05, 0.1) is 30.1 Å². The zero-order valence-corrected chi connectivity index (χ0v) is 16.6. The second kappa shape index (κ2) is 8.82. The van der Waals surface area contributed by atoms with Crippen LogP contribution in [0.3, 0.4) is 0 Å². The largest absolute Gasteiger partial charge is 0.495 e. The first-order valence-electron chi connectivity index (χ1n) is 9.62. The first-order chi connectivity index (χ1) is 13.5. The van der Waals surface area contributed by atoms with Crippen molar-refractivity contribution < 1.29 is 14.3 Å². The van der Waals surface area contributed by atoms with Gasteiger partial charge in [0, 0.05) is 19.2 Å². The molecule has 0 unspecified atom stereocenters. The van der Waals surface area contributed by atoms with Crippen LogP contribution in [0.2, 0.25) is 0 Å². The summed E-state index contributed by atoms with van der Waals surface area (Å²) in [5.41, 5.74) is 1.58. The third kappa shape index (κ3) is 4.13. The molecule has 0 saturated carbocycles. The summed E-state index contributed by atoms with van der Waals surface area (Å²) in [7, 11) is 1.56. The molecular formula is C21H26N4O3. The molecular weight excluding hydrogens is 356 g/mol. The number of ether oxygens (including phenoxy) is 1. The number of rotatable bonds is 5. The van der Waals surface area contributed by atoms with Crippen LogP contribution in [0.1, 0.15) is 60.5 Å². The van der Waals surface area contributed by atoms with Crippen LogP contribution in [0.4, 0.5) is 5.69 Å². The summed E-state index contributed by atoms with van der Waals surface area (Å²) in [5, 5.41) is 2.85. The zero-order chi connectivity index (χ0) is 20.1. The number of carbonyl (C=O) groups is 2. The Hall–Kier alpha value is -2.96. The molecule has 28 heavy (non-hydrogen) atoms. The Labute approximate surface area is 165 Å². The van der Waals surface area contributed by atoms with Crippen molar-refractivity contribution in [2.45, 2.75) is 45.6 Å². The van der Waals surface area contributed by atoms with Gasteiger partial charge >= 0.3 is 0 Å². The molecule has 1 atom stereocenters. The molecule has 2 aromatic rings. The summed E-state index contributed by atoms with van der Waals surface area (Å²) < 4.78 is 5.27. The molecule has 1 fully saturated rings. The fraction of sp³-hybridized carbons (Fsp3) is 0.429. The minimum atomic E-state index is -0.293. The number of carbonyl (C=O) groups excluding carboxylic acids is 2. The minimum Gasteiger partial charge on any atom is -0.495 e. The highest BCUT2D eigenvalue weighted by Gasteiger charge is 2.29. The Morgan fingerprint density at radius 3 is 2.79 bits per heavy atom. The van der Waals surface area contributed by atoms with E-state index in [9.17, 15) is 9.59 Å². The second-order valence-corrected chi connectivity index (χ2v) is 6.83. The summed E-state index contributed by atoms with van der Waals surface area (Å²) >= 11 is 0. The van der Waals surface area contributed by atoms with Gasteiger partial charge in [-0.15, -0.1) is 0 Å². The zero-order valence-electron chi connectivity index (χ0n) is 16.6. The molecule has 7 nitrogen and oxygen atoms in total. The van der Waals surface area contributed by atoms with E-state index in [4.69, 9.17) is 4.74 Å². The van der Waals surface area contributed by atoms with Crippen LogP contribution in [0, 0.1) is 6.92 Å². The fourth-order valence-corrected chi connectivity index (χ4v) is 3.51. The first kappa shape index (κ1) is 19.8. The number of hydrogen-bond acceptors (Lipinski definition) is 5. The maximum atomic E-state index is 12.7. The monoisotopic (exact) mass is 382 g/mol. The summed E-state index contributed by atoms with van der Waals surface area (Å²) in [4.78, 5) is 35.8. The summed E-state index contributed by atoms with van der Waals surface area (Å²) in [6.45, 7) is 4.39. The number of likely N-dealkylation sites (tertiary alicyclic amines) is 1. The molecule has 7 heteroatoms. The van der Waals surface area contributed by atoms with Crippen LogP contribution < -0.4 is 10.1 Å². The van der Waals surface area contributed by atoms with E-state index in [1.807, 2.05) is 24.0 Å². The number of aryl methyl sites for hydroxylation is 1. The molecule has 0 aliphatic carbocycles. The molecule has 1 aliphatic heterocycles. The molecule has 2 heterocycles. The second-order valence-electron chi connectivity index (χ2n) is 6.83. The lowest BCUT2D eigenvalue weighted by atomic mass is 10.0. The molecule has 148 valence electrons. The Morgan fingerprint density at radius 1 is 1.29 bits per heavy atom. The Morgan fingerprint density at radius 2 is 2.07 bits per heavy atom. The SMILES string of the molecule is CCC(=O)N1CCCC[C@H]1c1ncc(C(=O)Nc2ccccc2OC)c(C)n1. The minimum absolute atomic E-state index is 0.115. The Kier molecular flexibility index (Phi) is 6.23. The van der Waals surface area contributed by atoms with E-state index in [1.165, 1.54) is 0 Å². The summed E-state index contributed by atoms with van der Waals surface area (Å²) in [5.74, 6) is 1.01. The Bertz CT molecular complexity index is 868. The quantitative estimate of drug-likeness (QED) is 0.855. The van der Waals surface area contributed by atoms with Gasteiger partial charge in [0.15, 0.2) is 5.82 Å². The normalized spacial score (nSPS) is 16.5. The third-order valence-electron chi connectivity index (χ3n) is 5.02. The maximum Gasteiger partial charge on any atom is 0.259 e. The molecule has 1 N–H and O–H groups in total. The van der Waals surface area contributed by atoms with Crippen LogP contribution in [-0.4, -0.2) is 40.3 Å². The molecule has 1 aromatic carbocycles. The van der Waals surface area contributed by atoms with Gasteiger partial charge in [0.1, 0.15) is 5.75 Å². The van der Waals surface area contributed by atoms with Gasteiger partial charge in [-0.2, -0.15) is 0 Å². The molecule has 3 rings (SSSR count). The number of benzene rings is 1. The van der Waals surface area contributed by atoms with Crippen LogP contribution in [0.15, 0.2) is 30.5 Å². The molecule has 0 spiro atoms. The van der Waals surface area contributed by atoms with Crippen molar-refractivity contribution in [2.24, 2.45) is 0 Å². The van der Waals surface area contributed by atoms with Crippen LogP contribution in [-0.2, 0) is 4.79 Å². The van der Waals surface area contributed by atoms with Crippen LogP contribution in [0.5, 0.6) is 5.75 Å². The summed E-state index contributed by atoms with van der Waals surface area (Å²) in [6, 6.07) is 7.10. The molecule has 1 saturated heterocycles. The summed E-state index contributed by atoms with van der Waals surface area (Å²) in [6.07, 6.45) is 4.90.